The largest absolute Gasteiger partial charge is 0.473 e. The molecule has 1 saturated heterocycles. The third kappa shape index (κ3) is 5.06. The lowest BCUT2D eigenvalue weighted by Crippen LogP contribution is -2.50. The van der Waals surface area contributed by atoms with E-state index in [0.717, 1.165) is 11.6 Å². The highest BCUT2D eigenvalue weighted by atomic mass is 35.5. The first-order chi connectivity index (χ1) is 15.5. The fraction of sp³-hybridized carbons (Fsp3) is 0.208. The van der Waals surface area contributed by atoms with Gasteiger partial charge in [-0.3, -0.25) is 9.59 Å². The molecule has 2 amide bonds. The van der Waals surface area contributed by atoms with Crippen molar-refractivity contribution >= 4 is 23.4 Å². The molecule has 0 N–H and O–H groups in total. The van der Waals surface area contributed by atoms with Crippen LogP contribution in [0.1, 0.15) is 26.3 Å². The number of rotatable bonds is 5. The molecule has 0 atom stereocenters. The number of aromatic nitrogens is 1. The smallest absolute Gasteiger partial charge is 0.255 e. The summed E-state index contributed by atoms with van der Waals surface area (Å²) in [6.45, 7) is 1.84. The van der Waals surface area contributed by atoms with Crippen LogP contribution in [0.25, 0.3) is 0 Å². The van der Waals surface area contributed by atoms with E-state index in [1.807, 2.05) is 30.3 Å². The van der Waals surface area contributed by atoms with E-state index in [9.17, 15) is 14.0 Å². The quantitative estimate of drug-likeness (QED) is 0.584. The van der Waals surface area contributed by atoms with Gasteiger partial charge in [-0.2, -0.15) is 0 Å². The van der Waals surface area contributed by atoms with Crippen LogP contribution in [0, 0.1) is 5.82 Å². The van der Waals surface area contributed by atoms with Gasteiger partial charge < -0.3 is 14.5 Å². The van der Waals surface area contributed by atoms with Crippen LogP contribution in [-0.2, 0) is 6.61 Å². The van der Waals surface area contributed by atoms with Crippen LogP contribution in [0.15, 0.2) is 66.9 Å². The van der Waals surface area contributed by atoms with Gasteiger partial charge in [0.05, 0.1) is 10.6 Å². The number of halogens is 2. The van der Waals surface area contributed by atoms with E-state index in [-0.39, 0.29) is 22.4 Å². The molecule has 0 saturated carbocycles. The Balaban J connectivity index is 1.35. The Bertz CT molecular complexity index is 1120. The Morgan fingerprint density at radius 2 is 1.62 bits per heavy atom. The lowest BCUT2D eigenvalue weighted by atomic mass is 10.1. The van der Waals surface area contributed by atoms with Gasteiger partial charge in [0.2, 0.25) is 5.88 Å². The van der Waals surface area contributed by atoms with E-state index in [4.69, 9.17) is 16.3 Å². The van der Waals surface area contributed by atoms with Crippen LogP contribution < -0.4 is 4.74 Å². The number of hydrogen-bond acceptors (Lipinski definition) is 4. The Morgan fingerprint density at radius 3 is 2.31 bits per heavy atom. The number of ether oxygens (including phenoxy) is 1. The standard InChI is InChI=1S/C24H21ClFN3O3/c25-21-15-19(26)6-7-20(21)24(31)29-12-10-28(11-13-29)23(30)18-8-9-27-22(14-18)32-16-17-4-2-1-3-5-17/h1-9,14-15H,10-13,16H2. The lowest BCUT2D eigenvalue weighted by molar-refractivity contribution is 0.0535. The molecule has 0 spiro atoms. The van der Waals surface area contributed by atoms with Crippen molar-refractivity contribution in [2.24, 2.45) is 0 Å². The zero-order valence-electron chi connectivity index (χ0n) is 17.2. The Morgan fingerprint density at radius 1 is 0.938 bits per heavy atom. The van der Waals surface area contributed by atoms with Crippen LogP contribution in [0.2, 0.25) is 5.02 Å². The molecule has 2 aromatic carbocycles. The summed E-state index contributed by atoms with van der Waals surface area (Å²) in [5, 5.41) is 0.0772. The minimum Gasteiger partial charge on any atom is -0.473 e. The maximum Gasteiger partial charge on any atom is 0.255 e. The summed E-state index contributed by atoms with van der Waals surface area (Å²) in [5.41, 5.74) is 1.74. The summed E-state index contributed by atoms with van der Waals surface area (Å²) < 4.78 is 19.0. The minimum atomic E-state index is -0.494. The molecule has 0 radical (unpaired) electrons. The highest BCUT2D eigenvalue weighted by molar-refractivity contribution is 6.33. The second kappa shape index (κ2) is 9.78. The SMILES string of the molecule is O=C(c1ccnc(OCc2ccccc2)c1)N1CCN(C(=O)c2ccc(F)cc2Cl)CC1. The molecule has 0 aliphatic carbocycles. The summed E-state index contributed by atoms with van der Waals surface area (Å²) in [5.74, 6) is -0.544. The molecule has 1 aliphatic rings. The third-order valence-electron chi connectivity index (χ3n) is 5.23. The summed E-state index contributed by atoms with van der Waals surface area (Å²) in [7, 11) is 0. The molecule has 8 heteroatoms. The zero-order chi connectivity index (χ0) is 22.5. The van der Waals surface area contributed by atoms with Crippen LogP contribution in [0.3, 0.4) is 0 Å². The summed E-state index contributed by atoms with van der Waals surface area (Å²) in [4.78, 5) is 33.1. The van der Waals surface area contributed by atoms with Crippen molar-refractivity contribution < 1.29 is 18.7 Å². The zero-order valence-corrected chi connectivity index (χ0v) is 18.0. The van der Waals surface area contributed by atoms with Gasteiger partial charge in [0.1, 0.15) is 12.4 Å². The average molecular weight is 454 g/mol. The second-order valence-corrected chi connectivity index (χ2v) is 7.77. The van der Waals surface area contributed by atoms with Crippen molar-refractivity contribution in [1.29, 1.82) is 0 Å². The van der Waals surface area contributed by atoms with Gasteiger partial charge in [0.15, 0.2) is 0 Å². The van der Waals surface area contributed by atoms with Gasteiger partial charge in [-0.15, -0.1) is 0 Å². The molecular weight excluding hydrogens is 433 g/mol. The van der Waals surface area contributed by atoms with Crippen LogP contribution in [0.5, 0.6) is 5.88 Å². The molecule has 32 heavy (non-hydrogen) atoms. The van der Waals surface area contributed by atoms with Crippen molar-refractivity contribution in [3.05, 3.63) is 94.4 Å². The fourth-order valence-corrected chi connectivity index (χ4v) is 3.73. The first kappa shape index (κ1) is 21.8. The predicted octanol–water partition coefficient (Wildman–Crippen LogP) is 4.05. The van der Waals surface area contributed by atoms with Crippen molar-refractivity contribution in [2.75, 3.05) is 26.2 Å². The normalized spacial score (nSPS) is 13.7. The van der Waals surface area contributed by atoms with E-state index in [1.54, 1.807) is 28.1 Å². The van der Waals surface area contributed by atoms with E-state index >= 15 is 0 Å². The summed E-state index contributed by atoms with van der Waals surface area (Å²) in [6.07, 6.45) is 1.55. The predicted molar refractivity (Wildman–Crippen MR) is 118 cm³/mol. The molecule has 0 bridgehead atoms. The molecule has 1 aliphatic heterocycles. The first-order valence-electron chi connectivity index (χ1n) is 10.2. The molecule has 1 aromatic heterocycles. The number of nitrogens with zero attached hydrogens (tertiary/aromatic N) is 3. The molecule has 3 aromatic rings. The van der Waals surface area contributed by atoms with Gasteiger partial charge in [0, 0.05) is 44.0 Å². The maximum absolute atomic E-state index is 13.3. The van der Waals surface area contributed by atoms with Gasteiger partial charge >= 0.3 is 0 Å². The Hall–Kier alpha value is -3.45. The van der Waals surface area contributed by atoms with Gasteiger partial charge in [-0.1, -0.05) is 41.9 Å². The minimum absolute atomic E-state index is 0.0772. The first-order valence-corrected chi connectivity index (χ1v) is 10.6. The fourth-order valence-electron chi connectivity index (χ4n) is 3.48. The topological polar surface area (TPSA) is 62.7 Å². The molecule has 164 valence electrons. The van der Waals surface area contributed by atoms with E-state index in [2.05, 4.69) is 4.98 Å². The van der Waals surface area contributed by atoms with E-state index < -0.39 is 5.82 Å². The summed E-state index contributed by atoms with van der Waals surface area (Å²) >= 11 is 6.01. The molecular formula is C24H21ClFN3O3. The number of carbonyl (C=O) groups is 2. The van der Waals surface area contributed by atoms with Gasteiger partial charge in [0.25, 0.3) is 11.8 Å². The van der Waals surface area contributed by atoms with Gasteiger partial charge in [-0.25, -0.2) is 9.37 Å². The molecule has 4 rings (SSSR count). The van der Waals surface area contributed by atoms with E-state index in [0.29, 0.717) is 44.2 Å². The molecule has 2 heterocycles. The molecule has 0 unspecified atom stereocenters. The number of pyridine rings is 1. The van der Waals surface area contributed by atoms with Crippen molar-refractivity contribution in [3.63, 3.8) is 0 Å². The van der Waals surface area contributed by atoms with Crippen LogP contribution >= 0.6 is 11.6 Å². The number of piperazine rings is 1. The average Bonchev–Trinajstić information content (AvgIpc) is 2.83. The monoisotopic (exact) mass is 453 g/mol. The Labute approximate surface area is 190 Å². The van der Waals surface area contributed by atoms with E-state index in [1.165, 1.54) is 12.1 Å². The van der Waals surface area contributed by atoms with Crippen molar-refractivity contribution in [2.45, 2.75) is 6.61 Å². The third-order valence-corrected chi connectivity index (χ3v) is 5.54. The van der Waals surface area contributed by atoms with Crippen LogP contribution in [0.4, 0.5) is 4.39 Å². The molecule has 1 fully saturated rings. The number of hydrogen-bond donors (Lipinski definition) is 0. The van der Waals surface area contributed by atoms with Crippen molar-refractivity contribution in [1.82, 2.24) is 14.8 Å². The maximum atomic E-state index is 13.3. The highest BCUT2D eigenvalue weighted by Gasteiger charge is 2.26. The second-order valence-electron chi connectivity index (χ2n) is 7.37. The lowest BCUT2D eigenvalue weighted by Gasteiger charge is -2.35. The number of carbonyl (C=O) groups excluding carboxylic acids is 2. The molecule has 6 nitrogen and oxygen atoms in total. The summed E-state index contributed by atoms with van der Waals surface area (Å²) in [6, 6.07) is 16.7. The Kier molecular flexibility index (Phi) is 6.66. The number of benzene rings is 2. The van der Waals surface area contributed by atoms with Crippen molar-refractivity contribution in [3.8, 4) is 5.88 Å². The van der Waals surface area contributed by atoms with Gasteiger partial charge in [-0.05, 0) is 29.8 Å². The van der Waals surface area contributed by atoms with Crippen LogP contribution in [-0.4, -0.2) is 52.8 Å². The highest BCUT2D eigenvalue weighted by Crippen LogP contribution is 2.21. The number of amides is 2.